The first-order valence-electron chi connectivity index (χ1n) is 8.86. The van der Waals surface area contributed by atoms with Crippen molar-refractivity contribution in [2.24, 2.45) is 10.2 Å². The van der Waals surface area contributed by atoms with Crippen LogP contribution in [0.1, 0.15) is 5.56 Å². The van der Waals surface area contributed by atoms with Gasteiger partial charge in [0.25, 0.3) is 30.4 Å². The van der Waals surface area contributed by atoms with Gasteiger partial charge in [-0.05, 0) is 24.4 Å². The van der Waals surface area contributed by atoms with Crippen molar-refractivity contribution >= 4 is 52.5 Å². The summed E-state index contributed by atoms with van der Waals surface area (Å²) in [5.41, 5.74) is -0.957. The molecule has 0 unspecified atom stereocenters. The van der Waals surface area contributed by atoms with Crippen LogP contribution in [0.4, 0.5) is 11.4 Å². The van der Waals surface area contributed by atoms with Crippen molar-refractivity contribution in [1.29, 1.82) is 0 Å². The normalized spacial score (nSPS) is 13.0. The maximum absolute atomic E-state index is 11.9. The van der Waals surface area contributed by atoms with Crippen molar-refractivity contribution in [2.75, 3.05) is 7.11 Å². The molecule has 0 aliphatic rings. The Hall–Kier alpha value is -3.15. The van der Waals surface area contributed by atoms with Crippen molar-refractivity contribution in [1.82, 2.24) is 0 Å². The first-order chi connectivity index (χ1) is 15.5. The number of phenolic OH excluding ortho intramolecular Hbond substituents is 1. The zero-order chi connectivity index (χ0) is 25.6. The van der Waals surface area contributed by atoms with Crippen LogP contribution in [0, 0.1) is 6.92 Å². The lowest BCUT2D eigenvalue weighted by Gasteiger charge is -2.11. The van der Waals surface area contributed by atoms with Crippen LogP contribution in [-0.4, -0.2) is 51.1 Å². The molecule has 13 nitrogen and oxygen atoms in total. The Morgan fingerprint density at radius 3 is 1.88 bits per heavy atom. The minimum atomic E-state index is -5.06. The molecule has 0 aliphatic heterocycles. The lowest BCUT2D eigenvalue weighted by Crippen LogP contribution is -2.05. The van der Waals surface area contributed by atoms with Crippen LogP contribution in [-0.2, 0) is 30.4 Å². The minimum Gasteiger partial charge on any atom is -0.505 e. The number of methoxy groups -OCH3 is 1. The van der Waals surface area contributed by atoms with Crippen molar-refractivity contribution in [3.63, 3.8) is 0 Å². The van der Waals surface area contributed by atoms with E-state index in [0.29, 0.717) is 17.7 Å². The summed E-state index contributed by atoms with van der Waals surface area (Å²) in [5, 5.41) is 17.9. The average molecular weight is 533 g/mol. The predicted molar refractivity (Wildman–Crippen MR) is 117 cm³/mol. The molecule has 0 atom stereocenters. The van der Waals surface area contributed by atoms with E-state index in [0.717, 1.165) is 13.2 Å². The number of hydrogen-bond acceptors (Lipinski definition) is 10. The first kappa shape index (κ1) is 25.5. The number of fused-ring (bicyclic) bond motifs is 1. The Kier molecular flexibility index (Phi) is 6.42. The molecule has 16 heteroatoms. The summed E-state index contributed by atoms with van der Waals surface area (Å²) in [6.07, 6.45) is 0. The minimum absolute atomic E-state index is 0.107. The van der Waals surface area contributed by atoms with Gasteiger partial charge in [0.15, 0.2) is 5.75 Å². The number of nitrogens with zero attached hydrogens (tertiary/aromatic N) is 2. The summed E-state index contributed by atoms with van der Waals surface area (Å²) in [6, 6.07) is 6.57. The smallest absolute Gasteiger partial charge is 0.298 e. The van der Waals surface area contributed by atoms with E-state index in [1.807, 2.05) is 0 Å². The molecule has 0 heterocycles. The maximum atomic E-state index is 11.9. The Balaban J connectivity index is 2.38. The largest absolute Gasteiger partial charge is 0.505 e. The van der Waals surface area contributed by atoms with E-state index in [1.165, 1.54) is 12.1 Å². The van der Waals surface area contributed by atoms with E-state index in [2.05, 4.69) is 10.2 Å². The molecule has 3 aromatic rings. The van der Waals surface area contributed by atoms with Gasteiger partial charge in [0, 0.05) is 11.5 Å². The van der Waals surface area contributed by atoms with Gasteiger partial charge < -0.3 is 9.84 Å². The number of aryl methyl sites for hydroxylation is 1. The molecule has 0 bridgehead atoms. The van der Waals surface area contributed by atoms with Gasteiger partial charge in [-0.3, -0.25) is 13.7 Å². The van der Waals surface area contributed by atoms with Gasteiger partial charge in [0.1, 0.15) is 31.8 Å². The second kappa shape index (κ2) is 8.57. The number of benzene rings is 3. The number of aromatic hydroxyl groups is 1. The van der Waals surface area contributed by atoms with Gasteiger partial charge in [-0.15, -0.1) is 10.2 Å². The van der Waals surface area contributed by atoms with E-state index in [1.54, 1.807) is 13.0 Å². The van der Waals surface area contributed by atoms with Gasteiger partial charge in [-0.2, -0.15) is 25.3 Å². The molecule has 0 radical (unpaired) electrons. The first-order valence-corrected chi connectivity index (χ1v) is 13.2. The van der Waals surface area contributed by atoms with Crippen LogP contribution in [0.5, 0.6) is 11.5 Å². The van der Waals surface area contributed by atoms with E-state index in [-0.39, 0.29) is 10.8 Å². The van der Waals surface area contributed by atoms with E-state index >= 15 is 0 Å². The summed E-state index contributed by atoms with van der Waals surface area (Å²) in [5.74, 6) is -1.40. The lowest BCUT2D eigenvalue weighted by molar-refractivity contribution is 0.395. The van der Waals surface area contributed by atoms with Crippen LogP contribution in [0.2, 0.25) is 0 Å². The third kappa shape index (κ3) is 5.01. The molecule has 0 fully saturated rings. The Morgan fingerprint density at radius 2 is 1.35 bits per heavy atom. The molecule has 34 heavy (non-hydrogen) atoms. The van der Waals surface area contributed by atoms with E-state index < -0.39 is 67.9 Å². The number of phenols is 1. The summed E-state index contributed by atoms with van der Waals surface area (Å²) >= 11 is 0. The third-order valence-electron chi connectivity index (χ3n) is 4.54. The lowest BCUT2D eigenvalue weighted by atomic mass is 10.1. The van der Waals surface area contributed by atoms with E-state index in [4.69, 9.17) is 4.74 Å². The zero-order valence-electron chi connectivity index (χ0n) is 17.2. The van der Waals surface area contributed by atoms with Crippen LogP contribution in [0.3, 0.4) is 0 Å². The van der Waals surface area contributed by atoms with Crippen LogP contribution < -0.4 is 4.74 Å². The Labute approximate surface area is 193 Å². The quantitative estimate of drug-likeness (QED) is 0.267. The molecule has 0 aliphatic carbocycles. The average Bonchev–Trinajstić information content (AvgIpc) is 2.70. The van der Waals surface area contributed by atoms with Crippen molar-refractivity contribution < 1.29 is 48.8 Å². The molecule has 0 aromatic heterocycles. The van der Waals surface area contributed by atoms with Crippen molar-refractivity contribution in [2.45, 2.75) is 21.6 Å². The highest BCUT2D eigenvalue weighted by Crippen LogP contribution is 2.42. The number of azo groups is 1. The van der Waals surface area contributed by atoms with Crippen LogP contribution in [0.15, 0.2) is 61.3 Å². The van der Waals surface area contributed by atoms with Crippen LogP contribution >= 0.6 is 0 Å². The summed E-state index contributed by atoms with van der Waals surface area (Å²) < 4.78 is 104. The number of ether oxygens (including phenoxy) is 1. The SMILES string of the molecule is COc1cc(S(=O)(=O)O)c(N=Nc2c(S(=O)(=O)O)cc3cc(C)ccc3c2O)cc1S(=O)(=O)O. The topological polar surface area (TPSA) is 217 Å². The summed E-state index contributed by atoms with van der Waals surface area (Å²) in [4.78, 5) is -2.84. The fourth-order valence-electron chi connectivity index (χ4n) is 3.04. The monoisotopic (exact) mass is 532 g/mol. The van der Waals surface area contributed by atoms with Gasteiger partial charge in [0.05, 0.1) is 7.11 Å². The molecule has 3 aromatic carbocycles. The highest BCUT2D eigenvalue weighted by Gasteiger charge is 2.26. The highest BCUT2D eigenvalue weighted by atomic mass is 32.2. The highest BCUT2D eigenvalue weighted by molar-refractivity contribution is 7.86. The predicted octanol–water partition coefficient (Wildman–Crippen LogP) is 3.02. The van der Waals surface area contributed by atoms with E-state index in [9.17, 15) is 44.0 Å². The second-order valence-electron chi connectivity index (χ2n) is 6.89. The molecule has 0 saturated heterocycles. The summed E-state index contributed by atoms with van der Waals surface area (Å²) in [6.45, 7) is 1.70. The standard InChI is InChI=1S/C18H16N2O11S3/c1-9-3-4-11-10(5-9)6-16(34(28,29)30)17(18(11)21)20-19-12-7-15(33(25,26)27)13(31-2)8-14(12)32(22,23)24/h3-8,21H,1-2H3,(H,22,23,24)(H,25,26,27)(H,28,29,30). The molecule has 4 N–H and O–H groups in total. The fourth-order valence-corrected chi connectivity index (χ4v) is 4.98. The summed E-state index contributed by atoms with van der Waals surface area (Å²) in [7, 11) is -14.1. The third-order valence-corrected chi connectivity index (χ3v) is 7.17. The Morgan fingerprint density at radius 1 is 0.765 bits per heavy atom. The molecular formula is C18H16N2O11S3. The maximum Gasteiger partial charge on any atom is 0.298 e. The number of hydrogen-bond donors (Lipinski definition) is 4. The molecule has 0 spiro atoms. The molecular weight excluding hydrogens is 516 g/mol. The zero-order valence-corrected chi connectivity index (χ0v) is 19.7. The molecule has 3 rings (SSSR count). The van der Waals surface area contributed by atoms with Crippen molar-refractivity contribution in [3.05, 3.63) is 42.0 Å². The van der Waals surface area contributed by atoms with Crippen LogP contribution in [0.25, 0.3) is 10.8 Å². The number of rotatable bonds is 6. The van der Waals surface area contributed by atoms with Gasteiger partial charge in [-0.25, -0.2) is 0 Å². The molecule has 0 amide bonds. The molecule has 182 valence electrons. The molecule has 0 saturated carbocycles. The van der Waals surface area contributed by atoms with Gasteiger partial charge >= 0.3 is 0 Å². The van der Waals surface area contributed by atoms with Gasteiger partial charge in [0.2, 0.25) is 0 Å². The van der Waals surface area contributed by atoms with Crippen molar-refractivity contribution in [3.8, 4) is 11.5 Å². The Bertz CT molecular complexity index is 1680. The fraction of sp³-hybridized carbons (Fsp3) is 0.111. The van der Waals surface area contributed by atoms with Gasteiger partial charge in [-0.1, -0.05) is 23.8 Å². The second-order valence-corrected chi connectivity index (χ2v) is 11.1.